The zero-order valence-electron chi connectivity index (χ0n) is 8.29. The van der Waals surface area contributed by atoms with Crippen molar-refractivity contribution >= 4 is 0 Å². The summed E-state index contributed by atoms with van der Waals surface area (Å²) in [6.45, 7) is 6.63. The van der Waals surface area contributed by atoms with Crippen molar-refractivity contribution in [2.45, 2.75) is 25.2 Å². The SMILES string of the molecule is [CH2]C1(C(C)(C)F)N=c2ccccc2=N1. The number of hydrogen-bond acceptors (Lipinski definition) is 2. The van der Waals surface area contributed by atoms with Crippen LogP contribution >= 0.6 is 0 Å². The molecule has 0 saturated heterocycles. The summed E-state index contributed by atoms with van der Waals surface area (Å²) in [7, 11) is 0. The molecule has 1 aliphatic rings. The van der Waals surface area contributed by atoms with Crippen molar-refractivity contribution < 1.29 is 4.39 Å². The zero-order chi connectivity index (χ0) is 10.4. The minimum Gasteiger partial charge on any atom is -0.250 e. The first-order chi connectivity index (χ1) is 6.42. The second-order valence-corrected chi connectivity index (χ2v) is 4.00. The number of fused-ring (bicyclic) bond motifs is 1. The summed E-state index contributed by atoms with van der Waals surface area (Å²) in [5.41, 5.74) is -2.78. The van der Waals surface area contributed by atoms with E-state index in [2.05, 4.69) is 16.9 Å². The monoisotopic (exact) mass is 191 g/mol. The fraction of sp³-hybridized carbons (Fsp3) is 0.364. The number of nitrogens with zero attached hydrogens (tertiary/aromatic N) is 2. The molecule has 0 aromatic heterocycles. The van der Waals surface area contributed by atoms with Crippen LogP contribution in [0.5, 0.6) is 0 Å². The molecule has 0 unspecified atom stereocenters. The lowest BCUT2D eigenvalue weighted by Crippen LogP contribution is -2.40. The van der Waals surface area contributed by atoms with E-state index in [-0.39, 0.29) is 0 Å². The third-order valence-corrected chi connectivity index (χ3v) is 2.44. The molecule has 14 heavy (non-hydrogen) atoms. The molecule has 0 bridgehead atoms. The van der Waals surface area contributed by atoms with Crippen LogP contribution in [0, 0.1) is 6.92 Å². The minimum absolute atomic E-state index is 0.716. The number of hydrogen-bond donors (Lipinski definition) is 0. The molecule has 1 heterocycles. The van der Waals surface area contributed by atoms with Gasteiger partial charge in [0.05, 0.1) is 10.7 Å². The summed E-state index contributed by atoms with van der Waals surface area (Å²) in [6.07, 6.45) is 0. The maximum Gasteiger partial charge on any atom is 0.184 e. The van der Waals surface area contributed by atoms with Gasteiger partial charge in [-0.15, -0.1) is 0 Å². The van der Waals surface area contributed by atoms with Gasteiger partial charge in [-0.05, 0) is 26.0 Å². The Kier molecular flexibility index (Phi) is 1.74. The molecule has 0 fully saturated rings. The van der Waals surface area contributed by atoms with Crippen LogP contribution in [0.4, 0.5) is 4.39 Å². The Balaban J connectivity index is 2.65. The Bertz CT molecular complexity index is 436. The summed E-state index contributed by atoms with van der Waals surface area (Å²) in [6, 6.07) is 7.35. The first kappa shape index (κ1) is 9.31. The first-order valence-electron chi connectivity index (χ1n) is 4.51. The molecule has 2 nitrogen and oxygen atoms in total. The van der Waals surface area contributed by atoms with E-state index in [1.807, 2.05) is 24.3 Å². The maximum atomic E-state index is 13.8. The van der Waals surface area contributed by atoms with Crippen LogP contribution in [0.25, 0.3) is 0 Å². The average Bonchev–Trinajstić information content (AvgIpc) is 2.40. The molecule has 73 valence electrons. The molecule has 0 saturated carbocycles. The number of rotatable bonds is 1. The number of benzene rings is 1. The van der Waals surface area contributed by atoms with Gasteiger partial charge < -0.3 is 0 Å². The third-order valence-electron chi connectivity index (χ3n) is 2.44. The molecule has 0 aliphatic carbocycles. The molecule has 1 aromatic carbocycles. The van der Waals surface area contributed by atoms with Gasteiger partial charge in [-0.1, -0.05) is 12.1 Å². The van der Waals surface area contributed by atoms with Crippen LogP contribution in [-0.2, 0) is 0 Å². The van der Waals surface area contributed by atoms with E-state index in [0.29, 0.717) is 10.7 Å². The predicted molar refractivity (Wildman–Crippen MR) is 52.0 cm³/mol. The molecule has 1 radical (unpaired) electrons. The molecular formula is C11H12FN2. The van der Waals surface area contributed by atoms with E-state index in [4.69, 9.17) is 0 Å². The highest BCUT2D eigenvalue weighted by atomic mass is 19.1. The standard InChI is InChI=1S/C11H12FN2/c1-10(2,12)11(3)13-8-6-4-5-7-9(8)14-11/h4-7H,3H2,1-2H3. The molecule has 0 atom stereocenters. The van der Waals surface area contributed by atoms with Gasteiger partial charge in [0, 0.05) is 6.92 Å². The molecule has 0 N–H and O–H groups in total. The molecule has 0 spiro atoms. The smallest absolute Gasteiger partial charge is 0.184 e. The van der Waals surface area contributed by atoms with Crippen LogP contribution in [0.2, 0.25) is 0 Å². The molecule has 2 rings (SSSR count). The molecule has 1 aromatic rings. The van der Waals surface area contributed by atoms with Crippen LogP contribution in [0.15, 0.2) is 34.3 Å². The van der Waals surface area contributed by atoms with E-state index in [9.17, 15) is 4.39 Å². The molecular weight excluding hydrogens is 179 g/mol. The lowest BCUT2D eigenvalue weighted by atomic mass is 9.96. The number of para-hydroxylation sites is 2. The van der Waals surface area contributed by atoms with Crippen molar-refractivity contribution in [1.29, 1.82) is 0 Å². The van der Waals surface area contributed by atoms with Gasteiger partial charge in [0.2, 0.25) is 0 Å². The summed E-state index contributed by atoms with van der Waals surface area (Å²) in [4.78, 5) is 8.40. The van der Waals surface area contributed by atoms with E-state index in [0.717, 1.165) is 0 Å². The van der Waals surface area contributed by atoms with Gasteiger partial charge in [0.25, 0.3) is 0 Å². The lowest BCUT2D eigenvalue weighted by Gasteiger charge is -2.28. The van der Waals surface area contributed by atoms with Crippen molar-refractivity contribution in [3.05, 3.63) is 41.9 Å². The Morgan fingerprint density at radius 2 is 1.64 bits per heavy atom. The number of halogens is 1. The van der Waals surface area contributed by atoms with Crippen molar-refractivity contribution in [3.63, 3.8) is 0 Å². The largest absolute Gasteiger partial charge is 0.250 e. The van der Waals surface area contributed by atoms with Crippen LogP contribution in [0.3, 0.4) is 0 Å². The van der Waals surface area contributed by atoms with Gasteiger partial charge in [-0.3, -0.25) is 0 Å². The van der Waals surface area contributed by atoms with Crippen molar-refractivity contribution in [2.75, 3.05) is 0 Å². The Hall–Kier alpha value is -1.25. The second kappa shape index (κ2) is 2.62. The zero-order valence-corrected chi connectivity index (χ0v) is 8.29. The average molecular weight is 191 g/mol. The predicted octanol–water partition coefficient (Wildman–Crippen LogP) is 1.22. The Morgan fingerprint density at radius 1 is 1.21 bits per heavy atom. The minimum atomic E-state index is -1.55. The fourth-order valence-electron chi connectivity index (χ4n) is 1.34. The van der Waals surface area contributed by atoms with Crippen LogP contribution in [-0.4, -0.2) is 11.3 Å². The molecule has 3 heteroatoms. The lowest BCUT2D eigenvalue weighted by molar-refractivity contribution is 0.130. The van der Waals surface area contributed by atoms with Crippen molar-refractivity contribution in [2.24, 2.45) is 9.98 Å². The first-order valence-corrected chi connectivity index (χ1v) is 4.51. The van der Waals surface area contributed by atoms with E-state index in [1.165, 1.54) is 13.8 Å². The quantitative estimate of drug-likeness (QED) is 0.637. The second-order valence-electron chi connectivity index (χ2n) is 4.00. The van der Waals surface area contributed by atoms with Gasteiger partial charge in [-0.2, -0.15) is 0 Å². The summed E-state index contributed by atoms with van der Waals surface area (Å²) in [5.74, 6) is 0. The van der Waals surface area contributed by atoms with Gasteiger partial charge in [-0.25, -0.2) is 14.4 Å². The Morgan fingerprint density at radius 3 is 2.00 bits per heavy atom. The summed E-state index contributed by atoms with van der Waals surface area (Å²) >= 11 is 0. The molecule has 1 aliphatic heterocycles. The van der Waals surface area contributed by atoms with Crippen LogP contribution in [0.1, 0.15) is 13.8 Å². The summed E-state index contributed by atoms with van der Waals surface area (Å²) < 4.78 is 13.8. The van der Waals surface area contributed by atoms with Crippen molar-refractivity contribution in [1.82, 2.24) is 0 Å². The third kappa shape index (κ3) is 1.24. The fourth-order valence-corrected chi connectivity index (χ4v) is 1.34. The van der Waals surface area contributed by atoms with Gasteiger partial charge in [0.1, 0.15) is 5.67 Å². The van der Waals surface area contributed by atoms with Crippen molar-refractivity contribution in [3.8, 4) is 0 Å². The van der Waals surface area contributed by atoms with E-state index >= 15 is 0 Å². The van der Waals surface area contributed by atoms with Crippen LogP contribution < -0.4 is 10.7 Å². The Labute approximate surface area is 82.2 Å². The van der Waals surface area contributed by atoms with Gasteiger partial charge >= 0.3 is 0 Å². The molecule has 0 amide bonds. The topological polar surface area (TPSA) is 24.7 Å². The highest BCUT2D eigenvalue weighted by Gasteiger charge is 2.42. The summed E-state index contributed by atoms with van der Waals surface area (Å²) in [5, 5.41) is 1.43. The van der Waals surface area contributed by atoms with Gasteiger partial charge in [0.15, 0.2) is 5.66 Å². The van der Waals surface area contributed by atoms with E-state index in [1.54, 1.807) is 0 Å². The highest BCUT2D eigenvalue weighted by molar-refractivity contribution is 5.13. The highest BCUT2D eigenvalue weighted by Crippen LogP contribution is 2.30. The number of alkyl halides is 1. The van der Waals surface area contributed by atoms with E-state index < -0.39 is 11.3 Å². The normalized spacial score (nSPS) is 18.3. The maximum absolute atomic E-state index is 13.8.